The van der Waals surface area contributed by atoms with Gasteiger partial charge >= 0.3 is 0 Å². The smallest absolute Gasteiger partial charge is 0.240 e. The number of nitrogens with zero attached hydrogens (tertiary/aromatic N) is 2. The molecule has 0 saturated heterocycles. The van der Waals surface area contributed by atoms with E-state index in [1.165, 1.54) is 0 Å². The van der Waals surface area contributed by atoms with Gasteiger partial charge in [-0.1, -0.05) is 25.1 Å². The second kappa shape index (κ2) is 8.92. The lowest BCUT2D eigenvalue weighted by Gasteiger charge is -2.17. The number of carbonyl (C=O) groups is 1. The van der Waals surface area contributed by atoms with Gasteiger partial charge in [0.15, 0.2) is 0 Å². The number of nitrogens with one attached hydrogen (secondary N) is 1. The van der Waals surface area contributed by atoms with E-state index >= 15 is 0 Å². The number of aromatic nitrogens is 1. The van der Waals surface area contributed by atoms with E-state index in [2.05, 4.69) is 10.5 Å². The Morgan fingerprint density at radius 2 is 2.16 bits per heavy atom. The van der Waals surface area contributed by atoms with E-state index in [1.54, 1.807) is 24.9 Å². The number of anilines is 1. The summed E-state index contributed by atoms with van der Waals surface area (Å²) >= 11 is 1.64. The highest BCUT2D eigenvalue weighted by atomic mass is 32.2. The fourth-order valence-electron chi connectivity index (χ4n) is 2.39. The molecule has 2 aromatic rings. The predicted molar refractivity (Wildman–Crippen MR) is 100 cm³/mol. The Labute approximate surface area is 152 Å². The van der Waals surface area contributed by atoms with Crippen LogP contribution in [0.25, 0.3) is 0 Å². The lowest BCUT2D eigenvalue weighted by Crippen LogP contribution is -2.29. The van der Waals surface area contributed by atoms with E-state index in [4.69, 9.17) is 9.26 Å². The van der Waals surface area contributed by atoms with Crippen molar-refractivity contribution in [3.05, 3.63) is 35.5 Å². The summed E-state index contributed by atoms with van der Waals surface area (Å²) in [6.07, 6.45) is 2.02. The number of benzene rings is 1. The number of likely N-dealkylation sites (N-methyl/N-ethyl adjacent to an activating group) is 1. The quantitative estimate of drug-likeness (QED) is 0.723. The summed E-state index contributed by atoms with van der Waals surface area (Å²) < 4.78 is 10.5. The Kier molecular flexibility index (Phi) is 6.90. The van der Waals surface area contributed by atoms with Gasteiger partial charge in [-0.05, 0) is 36.9 Å². The number of methoxy groups -OCH3 is 1. The average Bonchev–Trinajstić information content (AvgIpc) is 3.03. The molecule has 25 heavy (non-hydrogen) atoms. The molecule has 0 aliphatic heterocycles. The van der Waals surface area contributed by atoms with Crippen LogP contribution in [-0.2, 0) is 11.3 Å². The first-order chi connectivity index (χ1) is 11.9. The molecule has 0 spiro atoms. The minimum absolute atomic E-state index is 0.137. The Hall–Kier alpha value is -1.99. The minimum atomic E-state index is -0.137. The molecule has 1 aromatic heterocycles. The van der Waals surface area contributed by atoms with Crippen molar-refractivity contribution in [1.82, 2.24) is 10.1 Å². The maximum Gasteiger partial charge on any atom is 0.240 e. The summed E-state index contributed by atoms with van der Waals surface area (Å²) in [5.74, 6) is 1.36. The first kappa shape index (κ1) is 19.3. The van der Waals surface area contributed by atoms with Gasteiger partial charge in [-0.2, -0.15) is 0 Å². The predicted octanol–water partition coefficient (Wildman–Crippen LogP) is 3.60. The minimum Gasteiger partial charge on any atom is -0.496 e. The Bertz CT molecular complexity index is 715. The number of carbonyl (C=O) groups excluding carboxylic acids is 1. The summed E-state index contributed by atoms with van der Waals surface area (Å²) in [6.45, 7) is 4.94. The highest BCUT2D eigenvalue weighted by Gasteiger charge is 2.13. The number of hydrogen-bond donors (Lipinski definition) is 1. The van der Waals surface area contributed by atoms with Crippen molar-refractivity contribution in [2.24, 2.45) is 0 Å². The second-order valence-corrected chi connectivity index (χ2v) is 7.03. The molecule has 0 aliphatic carbocycles. The van der Waals surface area contributed by atoms with Crippen LogP contribution in [0.5, 0.6) is 5.75 Å². The Morgan fingerprint density at radius 1 is 1.40 bits per heavy atom. The van der Waals surface area contributed by atoms with Crippen LogP contribution in [-0.4, -0.2) is 42.9 Å². The van der Waals surface area contributed by atoms with E-state index in [1.807, 2.05) is 50.2 Å². The molecule has 0 bridgehead atoms. The van der Waals surface area contributed by atoms with Gasteiger partial charge in [0.05, 0.1) is 19.3 Å². The van der Waals surface area contributed by atoms with Crippen LogP contribution < -0.4 is 10.1 Å². The molecule has 0 fully saturated rings. The molecule has 1 amide bonds. The zero-order valence-corrected chi connectivity index (χ0v) is 16.1. The van der Waals surface area contributed by atoms with Crippen LogP contribution in [0.15, 0.2) is 33.7 Å². The van der Waals surface area contributed by atoms with E-state index in [-0.39, 0.29) is 18.4 Å². The van der Waals surface area contributed by atoms with Gasteiger partial charge in [-0.15, -0.1) is 11.8 Å². The summed E-state index contributed by atoms with van der Waals surface area (Å²) in [4.78, 5) is 15.2. The molecule has 136 valence electrons. The highest BCUT2D eigenvalue weighted by Crippen LogP contribution is 2.28. The third-order valence-corrected chi connectivity index (χ3v) is 4.47. The van der Waals surface area contributed by atoms with Gasteiger partial charge in [0.2, 0.25) is 11.8 Å². The van der Waals surface area contributed by atoms with Crippen molar-refractivity contribution in [2.75, 3.05) is 32.3 Å². The summed E-state index contributed by atoms with van der Waals surface area (Å²) in [5.41, 5.74) is 1.91. The van der Waals surface area contributed by atoms with Crippen molar-refractivity contribution in [1.29, 1.82) is 0 Å². The fraction of sp³-hybridized carbons (Fsp3) is 0.444. The van der Waals surface area contributed by atoms with Gasteiger partial charge in [0.25, 0.3) is 0 Å². The summed E-state index contributed by atoms with van der Waals surface area (Å²) in [5, 5.41) is 6.67. The van der Waals surface area contributed by atoms with Gasteiger partial charge in [-0.3, -0.25) is 15.0 Å². The number of hydrogen-bond acceptors (Lipinski definition) is 6. The molecule has 1 heterocycles. The first-order valence-corrected chi connectivity index (χ1v) is 9.31. The zero-order chi connectivity index (χ0) is 18.4. The molecule has 6 nitrogen and oxygen atoms in total. The molecule has 0 unspecified atom stereocenters. The molecule has 7 heteroatoms. The van der Waals surface area contributed by atoms with Crippen LogP contribution in [0.3, 0.4) is 0 Å². The molecular formula is C18H25N3O3S. The average molecular weight is 363 g/mol. The van der Waals surface area contributed by atoms with Crippen molar-refractivity contribution in [2.45, 2.75) is 31.2 Å². The first-order valence-electron chi connectivity index (χ1n) is 8.08. The third kappa shape index (κ3) is 5.51. The van der Waals surface area contributed by atoms with Crippen LogP contribution in [0.2, 0.25) is 0 Å². The molecule has 2 rings (SSSR count). The number of rotatable bonds is 8. The standard InChI is InChI=1S/C18H25N3O3S/c1-12(2)14-9-18(24-20-14)19-17(22)11-21(3)10-13-6-7-16(25-5)15(8-13)23-4/h6-9,12H,10-11H2,1-5H3,(H,19,22). The molecular weight excluding hydrogens is 338 g/mol. The van der Waals surface area contributed by atoms with Crippen LogP contribution in [0, 0.1) is 0 Å². The lowest BCUT2D eigenvalue weighted by atomic mass is 10.1. The lowest BCUT2D eigenvalue weighted by molar-refractivity contribution is -0.117. The monoisotopic (exact) mass is 363 g/mol. The number of thioether (sulfide) groups is 1. The van der Waals surface area contributed by atoms with E-state index in [0.717, 1.165) is 21.9 Å². The normalized spacial score (nSPS) is 11.2. The SMILES string of the molecule is COc1cc(CN(C)CC(=O)Nc2cc(C(C)C)no2)ccc1SC. The zero-order valence-electron chi connectivity index (χ0n) is 15.3. The van der Waals surface area contributed by atoms with E-state index in [9.17, 15) is 4.79 Å². The Balaban J connectivity index is 1.90. The third-order valence-electron chi connectivity index (χ3n) is 3.70. The second-order valence-electron chi connectivity index (χ2n) is 6.18. The molecule has 0 radical (unpaired) electrons. The fourth-order valence-corrected chi connectivity index (χ4v) is 2.94. The van der Waals surface area contributed by atoms with Crippen LogP contribution >= 0.6 is 11.8 Å². The maximum atomic E-state index is 12.1. The number of ether oxygens (including phenoxy) is 1. The van der Waals surface area contributed by atoms with Gasteiger partial charge < -0.3 is 9.26 Å². The van der Waals surface area contributed by atoms with Crippen molar-refractivity contribution in [3.8, 4) is 5.75 Å². The Morgan fingerprint density at radius 3 is 2.76 bits per heavy atom. The molecule has 0 aliphatic rings. The molecule has 0 saturated carbocycles. The summed E-state index contributed by atoms with van der Waals surface area (Å²) in [6, 6.07) is 7.85. The van der Waals surface area contributed by atoms with Gasteiger partial charge in [0.1, 0.15) is 5.75 Å². The van der Waals surface area contributed by atoms with E-state index in [0.29, 0.717) is 12.4 Å². The largest absolute Gasteiger partial charge is 0.496 e. The maximum absolute atomic E-state index is 12.1. The van der Waals surface area contributed by atoms with E-state index < -0.39 is 0 Å². The van der Waals surface area contributed by atoms with Gasteiger partial charge in [0, 0.05) is 17.5 Å². The number of amides is 1. The summed E-state index contributed by atoms with van der Waals surface area (Å²) in [7, 11) is 3.56. The van der Waals surface area contributed by atoms with Crippen molar-refractivity contribution in [3.63, 3.8) is 0 Å². The molecule has 0 atom stereocenters. The molecule has 1 N–H and O–H groups in total. The van der Waals surface area contributed by atoms with Crippen molar-refractivity contribution < 1.29 is 14.1 Å². The topological polar surface area (TPSA) is 67.6 Å². The molecule has 1 aromatic carbocycles. The van der Waals surface area contributed by atoms with Crippen LogP contribution in [0.1, 0.15) is 31.0 Å². The van der Waals surface area contributed by atoms with Gasteiger partial charge in [-0.25, -0.2) is 0 Å². The van der Waals surface area contributed by atoms with Crippen LogP contribution in [0.4, 0.5) is 5.88 Å². The highest BCUT2D eigenvalue weighted by molar-refractivity contribution is 7.98. The van der Waals surface area contributed by atoms with Crippen molar-refractivity contribution >= 4 is 23.6 Å².